The number of carbonyl (C=O) groups excluding carboxylic acids is 2. The summed E-state index contributed by atoms with van der Waals surface area (Å²) in [5.41, 5.74) is 15.6. The first-order valence-corrected chi connectivity index (χ1v) is 31.9. The maximum absolute atomic E-state index is 13.7. The summed E-state index contributed by atoms with van der Waals surface area (Å²) >= 11 is 0. The van der Waals surface area contributed by atoms with Crippen molar-refractivity contribution in [2.45, 2.75) is 138 Å². The van der Waals surface area contributed by atoms with Gasteiger partial charge in [-0.15, -0.1) is 5.10 Å². The Kier molecular flexibility index (Phi) is 12.4. The van der Waals surface area contributed by atoms with Crippen LogP contribution in [0.15, 0.2) is 73.5 Å². The van der Waals surface area contributed by atoms with Crippen molar-refractivity contribution in [3.8, 4) is 0 Å². The van der Waals surface area contributed by atoms with Crippen LogP contribution in [0.25, 0.3) is 0 Å². The summed E-state index contributed by atoms with van der Waals surface area (Å²) in [5, 5.41) is 10.9. The van der Waals surface area contributed by atoms with Crippen LogP contribution >= 0.6 is 0 Å². The minimum Gasteiger partial charge on any atom is -0.359 e. The van der Waals surface area contributed by atoms with E-state index in [2.05, 4.69) is 62.5 Å². The molecule has 0 spiro atoms. The predicted octanol–water partition coefficient (Wildman–Crippen LogP) is 7.63. The second-order valence-corrected chi connectivity index (χ2v) is 30.7. The first-order valence-electron chi connectivity index (χ1n) is 25.2. The number of fused-ring (bicyclic) bond motifs is 6. The summed E-state index contributed by atoms with van der Waals surface area (Å²) in [4.78, 5) is 41.2. The van der Waals surface area contributed by atoms with Crippen LogP contribution in [0.5, 0.6) is 0 Å². The van der Waals surface area contributed by atoms with E-state index in [1.54, 1.807) is 42.1 Å². The third-order valence-corrected chi connectivity index (χ3v) is 20.0. The van der Waals surface area contributed by atoms with Crippen LogP contribution in [-0.2, 0) is 95.6 Å². The molecule has 72 heavy (non-hydrogen) atoms. The van der Waals surface area contributed by atoms with Gasteiger partial charge in [0.1, 0.15) is 19.1 Å². The first kappa shape index (κ1) is 48.3. The van der Waals surface area contributed by atoms with Crippen molar-refractivity contribution in [1.82, 2.24) is 24.6 Å². The number of sulfone groups is 2. The second kappa shape index (κ2) is 18.5. The average Bonchev–Trinajstić information content (AvgIpc) is 4.21. The fourth-order valence-corrected chi connectivity index (χ4v) is 14.4. The Hall–Kier alpha value is -6.02. The zero-order valence-electron chi connectivity index (χ0n) is 41.7. The standard InChI is InChI=1S/C29H37N5O4SSi.C24H24N4O3S/c1-33-17-21-11-12-22(16-25(21)27(33)35)39(36,37)29-31-28(34(32-29)18-38-13-14-40(2,3)4)30-26-23-9-5-7-19(23)15-20-8-6-10-24(20)26;1-28-13-16-8-9-17(11-20(16)23(28)29)32(30,31)24-25-12-21(27-24)26-22-18-6-2-4-14(18)10-15-5-3-7-19(15)22/h11-12,15-16H,5-10,13-14,17-18H2,1-4H3,(H,30,31,32);8-11H,2-7,12-13H2,1H3,(H,25,26,27). The Bertz CT molecular complexity index is 3350. The minimum absolute atomic E-state index is 0.0137. The van der Waals surface area contributed by atoms with Gasteiger partial charge in [-0.05, 0) is 163 Å². The summed E-state index contributed by atoms with van der Waals surface area (Å²) in [7, 11) is -5.86. The lowest BCUT2D eigenvalue weighted by Crippen LogP contribution is -2.22. The quantitative estimate of drug-likeness (QED) is 0.0975. The summed E-state index contributed by atoms with van der Waals surface area (Å²) in [6.45, 7) is 8.72. The smallest absolute Gasteiger partial charge is 0.273 e. The molecule has 0 saturated carbocycles. The van der Waals surface area contributed by atoms with E-state index in [0.717, 1.165) is 106 Å². The van der Waals surface area contributed by atoms with Gasteiger partial charge in [-0.2, -0.15) is 4.98 Å². The lowest BCUT2D eigenvalue weighted by Gasteiger charge is -2.18. The van der Waals surface area contributed by atoms with Crippen LogP contribution in [0.2, 0.25) is 25.7 Å². The molecule has 3 aliphatic heterocycles. The van der Waals surface area contributed by atoms with E-state index in [9.17, 15) is 26.4 Å². The molecule has 0 saturated heterocycles. The van der Waals surface area contributed by atoms with Gasteiger partial charge in [0.15, 0.2) is 0 Å². The number of ether oxygens (including phenoxy) is 1. The maximum Gasteiger partial charge on any atom is 0.273 e. The van der Waals surface area contributed by atoms with Gasteiger partial charge < -0.3 is 25.2 Å². The number of amides is 2. The van der Waals surface area contributed by atoms with Crippen LogP contribution in [0.4, 0.5) is 17.3 Å². The van der Waals surface area contributed by atoms with Crippen molar-refractivity contribution in [3.63, 3.8) is 0 Å². The molecule has 4 heterocycles. The van der Waals surface area contributed by atoms with Crippen molar-refractivity contribution in [1.29, 1.82) is 0 Å². The third kappa shape index (κ3) is 8.89. The number of aryl methyl sites for hydroxylation is 4. The van der Waals surface area contributed by atoms with Gasteiger partial charge in [0.25, 0.3) is 17.0 Å². The van der Waals surface area contributed by atoms with Gasteiger partial charge in [-0.3, -0.25) is 9.59 Å². The maximum atomic E-state index is 13.7. The van der Waals surface area contributed by atoms with Crippen molar-refractivity contribution in [2.24, 2.45) is 9.98 Å². The highest BCUT2D eigenvalue weighted by atomic mass is 32.2. The number of benzene rings is 4. The van der Waals surface area contributed by atoms with Crippen LogP contribution in [0.3, 0.4) is 0 Å². The number of aliphatic imine (C=N–C) groups is 2. The highest BCUT2D eigenvalue weighted by Crippen LogP contribution is 2.41. The molecular formula is C53H61N9O7S2Si. The van der Waals surface area contributed by atoms with Gasteiger partial charge in [-0.1, -0.05) is 43.9 Å². The minimum atomic E-state index is -4.07. The lowest BCUT2D eigenvalue weighted by atomic mass is 9.98. The van der Waals surface area contributed by atoms with Crippen LogP contribution in [0.1, 0.15) is 102 Å². The summed E-state index contributed by atoms with van der Waals surface area (Å²) in [6.07, 6.45) is 13.0. The normalized spacial score (nSPS) is 17.6. The Labute approximate surface area is 422 Å². The number of hydrogen-bond acceptors (Lipinski definition) is 13. The zero-order valence-corrected chi connectivity index (χ0v) is 44.3. The largest absolute Gasteiger partial charge is 0.359 e. The monoisotopic (exact) mass is 1030 g/mol. The molecule has 0 unspecified atom stereocenters. The molecule has 0 atom stereocenters. The van der Waals surface area contributed by atoms with E-state index in [1.165, 1.54) is 67.4 Å². The molecule has 0 bridgehead atoms. The van der Waals surface area contributed by atoms with Crippen molar-refractivity contribution < 1.29 is 31.2 Å². The number of hydrogen-bond donors (Lipinski definition) is 2. The van der Waals surface area contributed by atoms with Crippen molar-refractivity contribution in [2.75, 3.05) is 37.9 Å². The zero-order chi connectivity index (χ0) is 50.3. The van der Waals surface area contributed by atoms with Gasteiger partial charge in [0.05, 0.1) is 9.79 Å². The number of aromatic nitrogens is 3. The highest BCUT2D eigenvalue weighted by molar-refractivity contribution is 8.06. The van der Waals surface area contributed by atoms with Crippen LogP contribution in [0, 0.1) is 0 Å². The van der Waals surface area contributed by atoms with Crippen molar-refractivity contribution >= 4 is 67.9 Å². The third-order valence-electron chi connectivity index (χ3n) is 15.1. The van der Waals surface area contributed by atoms with Crippen LogP contribution < -0.4 is 10.6 Å². The SMILES string of the molecule is CN1Cc2ccc(S(=O)(=O)C3=NCC(Nc4c5c(cc6c4CCC6)CCC5)=N3)cc2C1=O.CN1Cc2ccc(S(=O)(=O)c3nc(Nc4c5c(cc6c4CCC6)CCC5)n(COCC[Si](C)(C)C)n3)cc2C1=O. The number of nitrogens with zero attached hydrogens (tertiary/aromatic N) is 7. The molecular weight excluding hydrogens is 967 g/mol. The fraction of sp³-hybridized carbons (Fsp3) is 0.434. The van der Waals surface area contributed by atoms with Crippen LogP contribution in [-0.4, -0.2) is 99.5 Å². The summed E-state index contributed by atoms with van der Waals surface area (Å²) in [6, 6.07) is 15.1. The van der Waals surface area contributed by atoms with Gasteiger partial charge in [-0.25, -0.2) is 31.5 Å². The molecule has 2 amide bonds. The molecule has 0 radical (unpaired) electrons. The summed E-state index contributed by atoms with van der Waals surface area (Å²) < 4.78 is 61.4. The van der Waals surface area contributed by atoms with E-state index in [4.69, 9.17) is 4.74 Å². The topological polar surface area (TPSA) is 198 Å². The van der Waals surface area contributed by atoms with Crippen molar-refractivity contribution in [3.05, 3.63) is 115 Å². The Balaban J connectivity index is 0.000000159. The van der Waals surface area contributed by atoms with E-state index in [0.29, 0.717) is 42.6 Å². The number of rotatable bonds is 11. The average molecular weight is 1030 g/mol. The van der Waals surface area contributed by atoms with Gasteiger partial charge >= 0.3 is 0 Å². The molecule has 7 aliphatic rings. The summed E-state index contributed by atoms with van der Waals surface area (Å²) in [5.74, 6) is 0.575. The van der Waals surface area contributed by atoms with E-state index in [-0.39, 0.29) is 45.2 Å². The van der Waals surface area contributed by atoms with E-state index in [1.807, 2.05) is 0 Å². The number of nitrogens with one attached hydrogen (secondary N) is 2. The molecule has 16 nitrogen and oxygen atoms in total. The predicted molar refractivity (Wildman–Crippen MR) is 279 cm³/mol. The Morgan fingerprint density at radius 2 is 1.11 bits per heavy atom. The molecule has 4 aromatic carbocycles. The van der Waals surface area contributed by atoms with E-state index >= 15 is 0 Å². The van der Waals surface area contributed by atoms with E-state index < -0.39 is 27.7 Å². The molecule has 5 aromatic rings. The Morgan fingerprint density at radius 1 is 0.625 bits per heavy atom. The fourth-order valence-electron chi connectivity index (χ4n) is 11.3. The highest BCUT2D eigenvalue weighted by Gasteiger charge is 2.34. The molecule has 2 N–H and O–H groups in total. The molecule has 376 valence electrons. The van der Waals surface area contributed by atoms with Gasteiger partial charge in [0.2, 0.25) is 30.8 Å². The second-order valence-electron chi connectivity index (χ2n) is 21.4. The molecule has 0 fully saturated rings. The number of carbonyl (C=O) groups is 2. The number of anilines is 3. The lowest BCUT2D eigenvalue weighted by molar-refractivity contribution is 0.0791. The molecule has 1 aromatic heterocycles. The Morgan fingerprint density at radius 3 is 1.61 bits per heavy atom. The molecule has 4 aliphatic carbocycles. The van der Waals surface area contributed by atoms with Gasteiger partial charge in [0, 0.05) is 64.4 Å². The first-order chi connectivity index (χ1) is 34.4. The molecule has 12 rings (SSSR count). The molecule has 19 heteroatoms. The number of amidine groups is 2.